The van der Waals surface area contributed by atoms with Gasteiger partial charge in [-0.2, -0.15) is 0 Å². The van der Waals surface area contributed by atoms with Gasteiger partial charge in [-0.1, -0.05) is 32.0 Å². The highest BCUT2D eigenvalue weighted by Crippen LogP contribution is 2.49. The number of nitrogens with zero attached hydrogens (tertiary/aromatic N) is 2. The molecule has 3 rings (SSSR count). The van der Waals surface area contributed by atoms with Gasteiger partial charge in [0.15, 0.2) is 0 Å². The maximum absolute atomic E-state index is 2.66. The molecule has 2 nitrogen and oxygen atoms in total. The monoisotopic (exact) mass is 300 g/mol. The Bertz CT molecular complexity index is 519. The van der Waals surface area contributed by atoms with E-state index in [0.717, 1.165) is 5.92 Å². The Morgan fingerprint density at radius 3 is 2.32 bits per heavy atom. The Labute approximate surface area is 136 Å². The van der Waals surface area contributed by atoms with E-state index < -0.39 is 0 Å². The molecule has 0 radical (unpaired) electrons. The van der Waals surface area contributed by atoms with Crippen molar-refractivity contribution in [2.24, 2.45) is 5.92 Å². The fourth-order valence-corrected chi connectivity index (χ4v) is 4.34. The lowest BCUT2D eigenvalue weighted by Gasteiger charge is -2.42. The molecule has 22 heavy (non-hydrogen) atoms. The van der Waals surface area contributed by atoms with Crippen molar-refractivity contribution in [1.29, 1.82) is 0 Å². The van der Waals surface area contributed by atoms with E-state index in [1.54, 1.807) is 5.56 Å². The molecule has 1 saturated heterocycles. The smallest absolute Gasteiger partial charge is 0.0409 e. The Morgan fingerprint density at radius 2 is 1.73 bits per heavy atom. The third-order valence-electron chi connectivity index (χ3n) is 5.47. The summed E-state index contributed by atoms with van der Waals surface area (Å²) in [4.78, 5) is 5.30. The van der Waals surface area contributed by atoms with Crippen LogP contribution in [-0.2, 0) is 5.41 Å². The normalized spacial score (nSPS) is 21.6. The van der Waals surface area contributed by atoms with E-state index in [0.29, 0.717) is 5.41 Å². The fraction of sp³-hybridized carbons (Fsp3) is 0.700. The number of likely N-dealkylation sites (tertiary alicyclic amines) is 1. The second-order valence-electron chi connectivity index (χ2n) is 8.75. The molecule has 0 N–H and O–H groups in total. The molecule has 0 saturated carbocycles. The van der Waals surface area contributed by atoms with Gasteiger partial charge in [0.05, 0.1) is 0 Å². The van der Waals surface area contributed by atoms with Crippen molar-refractivity contribution in [3.8, 4) is 0 Å². The molecule has 1 aromatic rings. The molecule has 0 aliphatic carbocycles. The predicted molar refractivity (Wildman–Crippen MR) is 95.7 cm³/mol. The van der Waals surface area contributed by atoms with Crippen LogP contribution in [0.2, 0.25) is 0 Å². The van der Waals surface area contributed by atoms with Crippen molar-refractivity contribution >= 4 is 5.69 Å². The average molecular weight is 300 g/mol. The lowest BCUT2D eigenvalue weighted by molar-refractivity contribution is 0.150. The van der Waals surface area contributed by atoms with E-state index in [4.69, 9.17) is 0 Å². The Balaban J connectivity index is 1.84. The van der Waals surface area contributed by atoms with Gasteiger partial charge in [0.25, 0.3) is 0 Å². The van der Waals surface area contributed by atoms with Crippen LogP contribution < -0.4 is 4.90 Å². The highest BCUT2D eigenvalue weighted by molar-refractivity contribution is 5.64. The van der Waals surface area contributed by atoms with Gasteiger partial charge in [0, 0.05) is 29.7 Å². The van der Waals surface area contributed by atoms with Gasteiger partial charge < -0.3 is 9.80 Å². The van der Waals surface area contributed by atoms with Crippen LogP contribution in [-0.4, -0.2) is 36.6 Å². The zero-order valence-corrected chi connectivity index (χ0v) is 15.0. The van der Waals surface area contributed by atoms with Crippen LogP contribution in [0.4, 0.5) is 5.69 Å². The van der Waals surface area contributed by atoms with Crippen LogP contribution in [0.25, 0.3) is 0 Å². The van der Waals surface area contributed by atoms with E-state index >= 15 is 0 Å². The van der Waals surface area contributed by atoms with E-state index in [2.05, 4.69) is 68.7 Å². The van der Waals surface area contributed by atoms with Crippen LogP contribution >= 0.6 is 0 Å². The quantitative estimate of drug-likeness (QED) is 0.803. The van der Waals surface area contributed by atoms with E-state index in [1.165, 1.54) is 44.7 Å². The largest absolute Gasteiger partial charge is 0.366 e. The molecule has 2 aliphatic rings. The van der Waals surface area contributed by atoms with Gasteiger partial charge in [-0.3, -0.25) is 0 Å². The van der Waals surface area contributed by atoms with Crippen LogP contribution in [0.5, 0.6) is 0 Å². The van der Waals surface area contributed by atoms with Gasteiger partial charge >= 0.3 is 0 Å². The van der Waals surface area contributed by atoms with Gasteiger partial charge in [-0.15, -0.1) is 0 Å². The molecule has 0 unspecified atom stereocenters. The van der Waals surface area contributed by atoms with Crippen molar-refractivity contribution < 1.29 is 0 Å². The second kappa shape index (κ2) is 5.56. The summed E-state index contributed by atoms with van der Waals surface area (Å²) in [6.45, 7) is 16.7. The molecule has 0 aromatic heterocycles. The maximum Gasteiger partial charge on any atom is 0.0409 e. The van der Waals surface area contributed by atoms with Crippen molar-refractivity contribution in [2.45, 2.75) is 58.4 Å². The van der Waals surface area contributed by atoms with Gasteiger partial charge in [-0.05, 0) is 64.3 Å². The Morgan fingerprint density at radius 1 is 1.09 bits per heavy atom. The topological polar surface area (TPSA) is 6.48 Å². The number of anilines is 1. The first-order chi connectivity index (χ1) is 10.3. The summed E-state index contributed by atoms with van der Waals surface area (Å²) in [6.07, 6.45) is 2.62. The highest BCUT2D eigenvalue weighted by atomic mass is 15.2. The predicted octanol–water partition coefficient (Wildman–Crippen LogP) is 4.29. The number of benzene rings is 1. The summed E-state index contributed by atoms with van der Waals surface area (Å²) in [5.74, 6) is 0.774. The van der Waals surface area contributed by atoms with Gasteiger partial charge in [0.2, 0.25) is 0 Å². The van der Waals surface area contributed by atoms with Gasteiger partial charge in [0.1, 0.15) is 0 Å². The summed E-state index contributed by atoms with van der Waals surface area (Å²) in [7, 11) is 0. The molecule has 0 bridgehead atoms. The first-order valence-electron chi connectivity index (χ1n) is 8.91. The zero-order chi connectivity index (χ0) is 16.0. The van der Waals surface area contributed by atoms with Crippen LogP contribution in [0.15, 0.2) is 24.3 Å². The third-order valence-corrected chi connectivity index (χ3v) is 5.47. The maximum atomic E-state index is 2.66. The lowest BCUT2D eigenvalue weighted by atomic mass is 9.74. The minimum absolute atomic E-state index is 0.203. The van der Waals surface area contributed by atoms with Crippen molar-refractivity contribution in [3.63, 3.8) is 0 Å². The summed E-state index contributed by atoms with van der Waals surface area (Å²) < 4.78 is 0. The number of hydrogen-bond acceptors (Lipinski definition) is 2. The second-order valence-corrected chi connectivity index (χ2v) is 8.75. The minimum Gasteiger partial charge on any atom is -0.366 e. The molecule has 122 valence electrons. The molecule has 1 fully saturated rings. The number of piperidine rings is 1. The molecule has 2 heteroatoms. The molecule has 1 aromatic carbocycles. The number of para-hydroxylation sites is 1. The van der Waals surface area contributed by atoms with Crippen LogP contribution in [0, 0.1) is 5.92 Å². The zero-order valence-electron chi connectivity index (χ0n) is 15.0. The molecule has 0 amide bonds. The average Bonchev–Trinajstić information content (AvgIpc) is 2.77. The van der Waals surface area contributed by atoms with E-state index in [1.807, 2.05) is 0 Å². The number of fused-ring (bicyclic) bond motifs is 2. The third kappa shape index (κ3) is 2.78. The number of hydrogen-bond donors (Lipinski definition) is 0. The van der Waals surface area contributed by atoms with Crippen LogP contribution in [0.1, 0.15) is 53.0 Å². The summed E-state index contributed by atoms with van der Waals surface area (Å²) in [5, 5.41) is 0. The van der Waals surface area contributed by atoms with E-state index in [-0.39, 0.29) is 5.54 Å². The van der Waals surface area contributed by atoms with Crippen molar-refractivity contribution in [2.75, 3.05) is 31.1 Å². The highest BCUT2D eigenvalue weighted by Gasteiger charge is 2.46. The Hall–Kier alpha value is -1.02. The van der Waals surface area contributed by atoms with Crippen LogP contribution in [0.3, 0.4) is 0 Å². The molecular formula is C20H32N2. The SMILES string of the molecule is CC(C)CN1CCC2(CC1)CN(C(C)(C)C)c1ccccc12. The Kier molecular flexibility index (Phi) is 4.01. The number of rotatable bonds is 2. The molecule has 1 spiro atoms. The lowest BCUT2D eigenvalue weighted by Crippen LogP contribution is -2.49. The fourth-order valence-electron chi connectivity index (χ4n) is 4.34. The molecule has 2 heterocycles. The van der Waals surface area contributed by atoms with Gasteiger partial charge in [-0.25, -0.2) is 0 Å². The molecular weight excluding hydrogens is 268 g/mol. The van der Waals surface area contributed by atoms with E-state index in [9.17, 15) is 0 Å². The first kappa shape index (κ1) is 15.9. The standard InChI is InChI=1S/C20H32N2/c1-16(2)14-21-12-10-20(11-13-21)15-22(19(3,4)5)18-9-7-6-8-17(18)20/h6-9,16H,10-15H2,1-5H3. The summed E-state index contributed by atoms with van der Waals surface area (Å²) in [5.41, 5.74) is 3.67. The summed E-state index contributed by atoms with van der Waals surface area (Å²) >= 11 is 0. The first-order valence-corrected chi connectivity index (χ1v) is 8.91. The summed E-state index contributed by atoms with van der Waals surface area (Å²) in [6, 6.07) is 9.15. The van der Waals surface area contributed by atoms with Crippen molar-refractivity contribution in [3.05, 3.63) is 29.8 Å². The minimum atomic E-state index is 0.203. The van der Waals surface area contributed by atoms with Crippen molar-refractivity contribution in [1.82, 2.24) is 4.90 Å². The molecule has 0 atom stereocenters. The molecule has 2 aliphatic heterocycles.